The SMILES string of the molecule is BrCCCCCN1CC2CCC(C1)O2. The molecule has 0 aromatic heterocycles. The molecule has 2 fully saturated rings. The summed E-state index contributed by atoms with van der Waals surface area (Å²) >= 11 is 3.47. The summed E-state index contributed by atoms with van der Waals surface area (Å²) in [5, 5.41) is 1.15. The average molecular weight is 262 g/mol. The second-order valence-electron chi connectivity index (χ2n) is 4.47. The van der Waals surface area contributed by atoms with Crippen LogP contribution >= 0.6 is 15.9 Å². The highest BCUT2D eigenvalue weighted by Crippen LogP contribution is 2.26. The Labute approximate surface area is 95.1 Å². The molecule has 0 spiro atoms. The molecule has 14 heavy (non-hydrogen) atoms. The van der Waals surface area contributed by atoms with Crippen molar-refractivity contribution in [3.8, 4) is 0 Å². The van der Waals surface area contributed by atoms with Crippen LogP contribution in [-0.4, -0.2) is 42.1 Å². The van der Waals surface area contributed by atoms with Crippen LogP contribution in [0, 0.1) is 0 Å². The van der Waals surface area contributed by atoms with Crippen molar-refractivity contribution in [2.24, 2.45) is 0 Å². The van der Waals surface area contributed by atoms with Crippen molar-refractivity contribution < 1.29 is 4.74 Å². The van der Waals surface area contributed by atoms with E-state index in [4.69, 9.17) is 4.74 Å². The molecule has 0 radical (unpaired) electrons. The van der Waals surface area contributed by atoms with Gasteiger partial charge in [0.15, 0.2) is 0 Å². The summed E-state index contributed by atoms with van der Waals surface area (Å²) < 4.78 is 5.81. The third-order valence-electron chi connectivity index (χ3n) is 3.23. The summed E-state index contributed by atoms with van der Waals surface area (Å²) in [5.74, 6) is 0. The van der Waals surface area contributed by atoms with Crippen LogP contribution < -0.4 is 0 Å². The maximum Gasteiger partial charge on any atom is 0.0707 e. The number of halogens is 1. The van der Waals surface area contributed by atoms with Crippen LogP contribution in [0.2, 0.25) is 0 Å². The molecule has 2 rings (SSSR count). The molecule has 0 aliphatic carbocycles. The first-order valence-corrected chi connectivity index (χ1v) is 6.94. The molecule has 0 aromatic carbocycles. The number of nitrogens with zero attached hydrogens (tertiary/aromatic N) is 1. The zero-order valence-corrected chi connectivity index (χ0v) is 10.3. The Balaban J connectivity index is 1.62. The number of rotatable bonds is 5. The van der Waals surface area contributed by atoms with Gasteiger partial charge < -0.3 is 4.74 Å². The topological polar surface area (TPSA) is 12.5 Å². The van der Waals surface area contributed by atoms with Crippen LogP contribution in [-0.2, 0) is 4.74 Å². The first-order valence-electron chi connectivity index (χ1n) is 5.82. The van der Waals surface area contributed by atoms with Gasteiger partial charge in [-0.25, -0.2) is 0 Å². The molecular formula is C11H20BrNO. The molecule has 2 heterocycles. The van der Waals surface area contributed by atoms with Crippen LogP contribution in [0.3, 0.4) is 0 Å². The molecule has 0 amide bonds. The molecule has 0 saturated carbocycles. The zero-order chi connectivity index (χ0) is 9.80. The molecule has 2 unspecified atom stereocenters. The van der Waals surface area contributed by atoms with E-state index in [0.29, 0.717) is 12.2 Å². The maximum atomic E-state index is 5.81. The van der Waals surface area contributed by atoms with E-state index >= 15 is 0 Å². The number of alkyl halides is 1. The third-order valence-corrected chi connectivity index (χ3v) is 3.79. The van der Waals surface area contributed by atoms with Crippen molar-refractivity contribution in [1.82, 2.24) is 4.90 Å². The monoisotopic (exact) mass is 261 g/mol. The number of hydrogen-bond acceptors (Lipinski definition) is 2. The van der Waals surface area contributed by atoms with E-state index in [9.17, 15) is 0 Å². The lowest BCUT2D eigenvalue weighted by molar-refractivity contribution is -0.0385. The number of hydrogen-bond donors (Lipinski definition) is 0. The summed E-state index contributed by atoms with van der Waals surface area (Å²) in [6.07, 6.45) is 7.74. The van der Waals surface area contributed by atoms with E-state index in [0.717, 1.165) is 5.33 Å². The Morgan fingerprint density at radius 2 is 1.79 bits per heavy atom. The zero-order valence-electron chi connectivity index (χ0n) is 8.75. The Hall–Kier alpha value is 0.400. The normalized spacial score (nSPS) is 32.4. The largest absolute Gasteiger partial charge is 0.372 e. The number of unbranched alkanes of at least 4 members (excludes halogenated alkanes) is 2. The third kappa shape index (κ3) is 2.94. The van der Waals surface area contributed by atoms with E-state index in [1.807, 2.05) is 0 Å². The van der Waals surface area contributed by atoms with Gasteiger partial charge in [-0.3, -0.25) is 4.90 Å². The van der Waals surface area contributed by atoms with Gasteiger partial charge in [0, 0.05) is 18.4 Å². The minimum atomic E-state index is 0.560. The fourth-order valence-electron chi connectivity index (χ4n) is 2.49. The van der Waals surface area contributed by atoms with Gasteiger partial charge in [-0.2, -0.15) is 0 Å². The number of ether oxygens (including phenoxy) is 1. The lowest BCUT2D eigenvalue weighted by Gasteiger charge is -2.31. The van der Waals surface area contributed by atoms with Gasteiger partial charge in [-0.15, -0.1) is 0 Å². The number of fused-ring (bicyclic) bond motifs is 2. The fraction of sp³-hybridized carbons (Fsp3) is 1.00. The summed E-state index contributed by atoms with van der Waals surface area (Å²) in [7, 11) is 0. The molecule has 0 aromatic rings. The predicted molar refractivity (Wildman–Crippen MR) is 62.0 cm³/mol. The van der Waals surface area contributed by atoms with Crippen molar-refractivity contribution in [3.05, 3.63) is 0 Å². The van der Waals surface area contributed by atoms with Gasteiger partial charge in [0.05, 0.1) is 12.2 Å². The Morgan fingerprint density at radius 3 is 2.43 bits per heavy atom. The first kappa shape index (κ1) is 10.9. The second kappa shape index (κ2) is 5.47. The van der Waals surface area contributed by atoms with Gasteiger partial charge in [-0.1, -0.05) is 22.4 Å². The standard InChI is InChI=1S/C11H20BrNO/c12-6-2-1-3-7-13-8-10-4-5-11(9-13)14-10/h10-11H,1-9H2. The molecule has 2 bridgehead atoms. The molecule has 82 valence electrons. The predicted octanol–water partition coefficient (Wildman–Crippen LogP) is 2.41. The lowest BCUT2D eigenvalue weighted by Crippen LogP contribution is -2.42. The highest BCUT2D eigenvalue weighted by atomic mass is 79.9. The van der Waals surface area contributed by atoms with Gasteiger partial charge in [0.1, 0.15) is 0 Å². The summed E-state index contributed by atoms with van der Waals surface area (Å²) in [5.41, 5.74) is 0. The van der Waals surface area contributed by atoms with Crippen LogP contribution in [0.15, 0.2) is 0 Å². The molecule has 0 N–H and O–H groups in total. The summed E-state index contributed by atoms with van der Waals surface area (Å²) in [4.78, 5) is 2.60. The van der Waals surface area contributed by atoms with E-state index in [1.165, 1.54) is 51.7 Å². The van der Waals surface area contributed by atoms with E-state index in [2.05, 4.69) is 20.8 Å². The number of likely N-dealkylation sites (tertiary alicyclic amines) is 1. The summed E-state index contributed by atoms with van der Waals surface area (Å²) in [6, 6.07) is 0. The van der Waals surface area contributed by atoms with E-state index in [-0.39, 0.29) is 0 Å². The molecular weight excluding hydrogens is 242 g/mol. The average Bonchev–Trinajstić information content (AvgIpc) is 2.53. The van der Waals surface area contributed by atoms with Gasteiger partial charge in [0.25, 0.3) is 0 Å². The molecule has 2 nitrogen and oxygen atoms in total. The Kier molecular flexibility index (Phi) is 4.26. The maximum absolute atomic E-state index is 5.81. The fourth-order valence-corrected chi connectivity index (χ4v) is 2.88. The molecule has 2 atom stereocenters. The van der Waals surface area contributed by atoms with Gasteiger partial charge in [-0.05, 0) is 32.2 Å². The number of morpholine rings is 1. The van der Waals surface area contributed by atoms with Crippen LogP contribution in [0.4, 0.5) is 0 Å². The minimum Gasteiger partial charge on any atom is -0.372 e. The first-order chi connectivity index (χ1) is 6.88. The molecule has 2 aliphatic rings. The quantitative estimate of drug-likeness (QED) is 0.557. The minimum absolute atomic E-state index is 0.560. The van der Waals surface area contributed by atoms with Gasteiger partial charge in [0.2, 0.25) is 0 Å². The molecule has 2 saturated heterocycles. The van der Waals surface area contributed by atoms with E-state index < -0.39 is 0 Å². The highest BCUT2D eigenvalue weighted by Gasteiger charge is 2.32. The Morgan fingerprint density at radius 1 is 1.07 bits per heavy atom. The molecule has 3 heteroatoms. The highest BCUT2D eigenvalue weighted by molar-refractivity contribution is 9.09. The van der Waals surface area contributed by atoms with Crippen molar-refractivity contribution in [3.63, 3.8) is 0 Å². The summed E-state index contributed by atoms with van der Waals surface area (Å²) in [6.45, 7) is 3.65. The van der Waals surface area contributed by atoms with Crippen molar-refractivity contribution in [1.29, 1.82) is 0 Å². The van der Waals surface area contributed by atoms with Crippen LogP contribution in [0.1, 0.15) is 32.1 Å². The van der Waals surface area contributed by atoms with Crippen molar-refractivity contribution in [2.75, 3.05) is 25.0 Å². The molecule has 2 aliphatic heterocycles. The van der Waals surface area contributed by atoms with Crippen LogP contribution in [0.5, 0.6) is 0 Å². The van der Waals surface area contributed by atoms with E-state index in [1.54, 1.807) is 0 Å². The smallest absolute Gasteiger partial charge is 0.0707 e. The Bertz CT molecular complexity index is 165. The second-order valence-corrected chi connectivity index (χ2v) is 5.26. The van der Waals surface area contributed by atoms with Crippen LogP contribution in [0.25, 0.3) is 0 Å². The van der Waals surface area contributed by atoms with Crippen molar-refractivity contribution >= 4 is 15.9 Å². The van der Waals surface area contributed by atoms with Crippen molar-refractivity contribution in [2.45, 2.75) is 44.3 Å². The lowest BCUT2D eigenvalue weighted by atomic mass is 10.2. The van der Waals surface area contributed by atoms with Gasteiger partial charge >= 0.3 is 0 Å².